The van der Waals surface area contributed by atoms with Gasteiger partial charge >= 0.3 is 11.9 Å². The molecule has 0 aliphatic carbocycles. The van der Waals surface area contributed by atoms with Crippen LogP contribution in [0.2, 0.25) is 0 Å². The number of nitrogens with zero attached hydrogens (tertiary/aromatic N) is 2. The van der Waals surface area contributed by atoms with E-state index in [1.807, 2.05) is 24.3 Å². The molecule has 3 aromatic rings. The molecule has 6 nitrogen and oxygen atoms in total. The average Bonchev–Trinajstić information content (AvgIpc) is 2.76. The summed E-state index contributed by atoms with van der Waals surface area (Å²) in [6.45, 7) is 0. The van der Waals surface area contributed by atoms with Crippen molar-refractivity contribution in [2.75, 3.05) is 14.2 Å². The Balaban J connectivity index is 2.04. The molecule has 0 saturated heterocycles. The number of carbonyl (C=O) groups is 2. The van der Waals surface area contributed by atoms with Gasteiger partial charge in [-0.25, -0.2) is 9.59 Å². The first kappa shape index (κ1) is 20.4. The third-order valence-corrected chi connectivity index (χ3v) is 4.61. The molecular formula is C22H17BrN2O4. The molecular weight excluding hydrogens is 436 g/mol. The van der Waals surface area contributed by atoms with Crippen molar-refractivity contribution in [2.45, 2.75) is 0 Å². The van der Waals surface area contributed by atoms with Crippen molar-refractivity contribution in [1.82, 2.24) is 0 Å². The maximum absolute atomic E-state index is 11.9. The maximum atomic E-state index is 11.9. The molecule has 3 aromatic carbocycles. The number of halogens is 1. The van der Waals surface area contributed by atoms with Crippen LogP contribution in [-0.2, 0) is 9.47 Å². The molecule has 0 spiro atoms. The Morgan fingerprint density at radius 2 is 1.45 bits per heavy atom. The van der Waals surface area contributed by atoms with E-state index in [4.69, 9.17) is 9.47 Å². The smallest absolute Gasteiger partial charge is 0.337 e. The van der Waals surface area contributed by atoms with Gasteiger partial charge in [-0.05, 0) is 48.0 Å². The first-order valence-corrected chi connectivity index (χ1v) is 9.39. The molecule has 0 fully saturated rings. The summed E-state index contributed by atoms with van der Waals surface area (Å²) >= 11 is 3.40. The summed E-state index contributed by atoms with van der Waals surface area (Å²) in [7, 11) is 2.66. The third-order valence-electron chi connectivity index (χ3n) is 4.12. The minimum atomic E-state index is -0.462. The van der Waals surface area contributed by atoms with Gasteiger partial charge in [0, 0.05) is 10.0 Å². The van der Waals surface area contributed by atoms with Crippen LogP contribution in [0.25, 0.3) is 11.1 Å². The van der Waals surface area contributed by atoms with Gasteiger partial charge in [-0.3, -0.25) is 0 Å². The van der Waals surface area contributed by atoms with Crippen molar-refractivity contribution < 1.29 is 19.1 Å². The second kappa shape index (κ2) is 9.25. The van der Waals surface area contributed by atoms with Gasteiger partial charge in [-0.1, -0.05) is 40.2 Å². The standard InChI is InChI=1S/C22H17BrN2O4/c1-28-21(26)15-8-6-14(7-9-15)19-11-10-16(22(27)29-2)12-20(19)25-24-18-5-3-4-17(23)13-18/h3-13H,1-2H3. The van der Waals surface area contributed by atoms with E-state index in [2.05, 4.69) is 26.2 Å². The summed E-state index contributed by atoms with van der Waals surface area (Å²) in [5.41, 5.74) is 3.55. The molecule has 0 unspecified atom stereocenters. The summed E-state index contributed by atoms with van der Waals surface area (Å²) < 4.78 is 10.4. The van der Waals surface area contributed by atoms with Crippen LogP contribution in [0.4, 0.5) is 11.4 Å². The van der Waals surface area contributed by atoms with E-state index in [0.29, 0.717) is 22.5 Å². The Labute approximate surface area is 176 Å². The Bertz CT molecular complexity index is 1080. The van der Waals surface area contributed by atoms with Crippen molar-refractivity contribution >= 4 is 39.2 Å². The number of benzene rings is 3. The van der Waals surface area contributed by atoms with Crippen molar-refractivity contribution in [1.29, 1.82) is 0 Å². The van der Waals surface area contributed by atoms with Gasteiger partial charge < -0.3 is 9.47 Å². The Kier molecular flexibility index (Phi) is 6.51. The molecule has 0 amide bonds. The van der Waals surface area contributed by atoms with E-state index in [-0.39, 0.29) is 0 Å². The second-order valence-electron chi connectivity index (χ2n) is 5.97. The largest absolute Gasteiger partial charge is 0.465 e. The van der Waals surface area contributed by atoms with Crippen molar-refractivity contribution in [3.05, 3.63) is 82.3 Å². The highest BCUT2D eigenvalue weighted by atomic mass is 79.9. The van der Waals surface area contributed by atoms with Gasteiger partial charge in [-0.2, -0.15) is 5.11 Å². The van der Waals surface area contributed by atoms with Crippen LogP contribution in [0.15, 0.2) is 81.4 Å². The highest BCUT2D eigenvalue weighted by molar-refractivity contribution is 9.10. The second-order valence-corrected chi connectivity index (χ2v) is 6.89. The van der Waals surface area contributed by atoms with Crippen molar-refractivity contribution in [3.63, 3.8) is 0 Å². The van der Waals surface area contributed by atoms with Crippen LogP contribution < -0.4 is 0 Å². The summed E-state index contributed by atoms with van der Waals surface area (Å²) in [5.74, 6) is -0.872. The Hall–Kier alpha value is -3.32. The van der Waals surface area contributed by atoms with Gasteiger partial charge in [0.15, 0.2) is 0 Å². The zero-order valence-electron chi connectivity index (χ0n) is 15.8. The molecule has 146 valence electrons. The van der Waals surface area contributed by atoms with Gasteiger partial charge in [0.05, 0.1) is 36.7 Å². The Morgan fingerprint density at radius 3 is 2.10 bits per heavy atom. The lowest BCUT2D eigenvalue weighted by Crippen LogP contribution is -2.01. The van der Waals surface area contributed by atoms with E-state index in [1.165, 1.54) is 14.2 Å². The highest BCUT2D eigenvalue weighted by Gasteiger charge is 2.12. The van der Waals surface area contributed by atoms with E-state index in [9.17, 15) is 9.59 Å². The van der Waals surface area contributed by atoms with Crippen molar-refractivity contribution in [2.24, 2.45) is 10.2 Å². The lowest BCUT2D eigenvalue weighted by molar-refractivity contribution is 0.0592. The topological polar surface area (TPSA) is 77.3 Å². The van der Waals surface area contributed by atoms with Gasteiger partial charge in [0.2, 0.25) is 0 Å². The molecule has 0 saturated carbocycles. The minimum absolute atomic E-state index is 0.366. The molecule has 0 aliphatic heterocycles. The summed E-state index contributed by atoms with van der Waals surface area (Å²) in [6.07, 6.45) is 0. The van der Waals surface area contributed by atoms with Crippen LogP contribution >= 0.6 is 15.9 Å². The Morgan fingerprint density at radius 1 is 0.793 bits per heavy atom. The molecule has 3 rings (SSSR count). The number of hydrogen-bond acceptors (Lipinski definition) is 6. The number of esters is 2. The maximum Gasteiger partial charge on any atom is 0.337 e. The quantitative estimate of drug-likeness (QED) is 0.345. The van der Waals surface area contributed by atoms with Crippen LogP contribution in [-0.4, -0.2) is 26.2 Å². The zero-order valence-corrected chi connectivity index (χ0v) is 17.3. The normalized spacial score (nSPS) is 10.7. The predicted octanol–water partition coefficient (Wildman–Crippen LogP) is 6.10. The number of methoxy groups -OCH3 is 2. The van der Waals surface area contributed by atoms with E-state index in [0.717, 1.165) is 15.6 Å². The number of carbonyl (C=O) groups excluding carboxylic acids is 2. The first-order valence-electron chi connectivity index (χ1n) is 8.60. The van der Waals surface area contributed by atoms with Crippen LogP contribution in [0.3, 0.4) is 0 Å². The van der Waals surface area contributed by atoms with E-state index < -0.39 is 11.9 Å². The molecule has 7 heteroatoms. The fraction of sp³-hybridized carbons (Fsp3) is 0.0909. The monoisotopic (exact) mass is 452 g/mol. The van der Waals surface area contributed by atoms with Crippen LogP contribution in [0.5, 0.6) is 0 Å². The van der Waals surface area contributed by atoms with Gasteiger partial charge in [-0.15, -0.1) is 5.11 Å². The fourth-order valence-corrected chi connectivity index (χ4v) is 3.04. The summed E-state index contributed by atoms with van der Waals surface area (Å²) in [6, 6.07) is 19.4. The first-order chi connectivity index (χ1) is 14.0. The highest BCUT2D eigenvalue weighted by Crippen LogP contribution is 2.33. The lowest BCUT2D eigenvalue weighted by Gasteiger charge is -2.08. The molecule has 0 aliphatic rings. The summed E-state index contributed by atoms with van der Waals surface area (Å²) in [4.78, 5) is 23.6. The lowest BCUT2D eigenvalue weighted by atomic mass is 10.0. The molecule has 0 N–H and O–H groups in total. The summed E-state index contributed by atoms with van der Waals surface area (Å²) in [5, 5.41) is 8.63. The molecule has 0 bridgehead atoms. The molecule has 0 atom stereocenters. The van der Waals surface area contributed by atoms with Crippen LogP contribution in [0, 0.1) is 0 Å². The molecule has 0 aromatic heterocycles. The number of rotatable bonds is 5. The van der Waals surface area contributed by atoms with Gasteiger partial charge in [0.1, 0.15) is 0 Å². The number of hydrogen-bond donors (Lipinski definition) is 0. The number of azo groups is 1. The molecule has 0 heterocycles. The third kappa shape index (κ3) is 4.94. The van der Waals surface area contributed by atoms with Crippen LogP contribution in [0.1, 0.15) is 20.7 Å². The van der Waals surface area contributed by atoms with Crippen molar-refractivity contribution in [3.8, 4) is 11.1 Å². The minimum Gasteiger partial charge on any atom is -0.465 e. The van der Waals surface area contributed by atoms with Gasteiger partial charge in [0.25, 0.3) is 0 Å². The van der Waals surface area contributed by atoms with E-state index >= 15 is 0 Å². The average molecular weight is 453 g/mol. The molecule has 0 radical (unpaired) electrons. The SMILES string of the molecule is COC(=O)c1ccc(-c2ccc(C(=O)OC)cc2N=Nc2cccc(Br)c2)cc1. The number of ether oxygens (including phenoxy) is 2. The predicted molar refractivity (Wildman–Crippen MR) is 113 cm³/mol. The fourth-order valence-electron chi connectivity index (χ4n) is 2.66. The molecule has 29 heavy (non-hydrogen) atoms. The van der Waals surface area contributed by atoms with E-state index in [1.54, 1.807) is 42.5 Å². The zero-order chi connectivity index (χ0) is 20.8.